The normalized spacial score (nSPS) is 14.8. The van der Waals surface area contributed by atoms with Gasteiger partial charge in [-0.05, 0) is 12.1 Å². The average molecular weight is 217 g/mol. The molecule has 0 unspecified atom stereocenters. The molecular weight excluding hydrogens is 206 g/mol. The first-order chi connectivity index (χ1) is 7.84. The highest BCUT2D eigenvalue weighted by Gasteiger charge is 2.16. The Labute approximate surface area is 91.5 Å². The van der Waals surface area contributed by atoms with Gasteiger partial charge in [0.2, 0.25) is 0 Å². The van der Waals surface area contributed by atoms with Gasteiger partial charge in [0, 0.05) is 19.5 Å². The SMILES string of the molecule is O=c1[nH]c(-c2ccco2)nc2c1CNCC2. The van der Waals surface area contributed by atoms with E-state index in [0.29, 0.717) is 18.1 Å². The van der Waals surface area contributed by atoms with E-state index in [9.17, 15) is 4.79 Å². The van der Waals surface area contributed by atoms with Crippen LogP contribution in [0.5, 0.6) is 0 Å². The molecule has 0 saturated carbocycles. The van der Waals surface area contributed by atoms with Gasteiger partial charge in [0.25, 0.3) is 5.56 Å². The van der Waals surface area contributed by atoms with Gasteiger partial charge in [-0.15, -0.1) is 0 Å². The zero-order chi connectivity index (χ0) is 11.0. The predicted octanol–water partition coefficient (Wildman–Crippen LogP) is 0.676. The monoisotopic (exact) mass is 217 g/mol. The molecule has 82 valence electrons. The molecule has 16 heavy (non-hydrogen) atoms. The lowest BCUT2D eigenvalue weighted by atomic mass is 10.1. The number of nitrogens with one attached hydrogen (secondary N) is 2. The smallest absolute Gasteiger partial charge is 0.255 e. The van der Waals surface area contributed by atoms with Gasteiger partial charge in [-0.1, -0.05) is 0 Å². The van der Waals surface area contributed by atoms with E-state index in [2.05, 4.69) is 15.3 Å². The largest absolute Gasteiger partial charge is 0.461 e. The minimum atomic E-state index is -0.0800. The summed E-state index contributed by atoms with van der Waals surface area (Å²) in [4.78, 5) is 19.0. The number of rotatable bonds is 1. The van der Waals surface area contributed by atoms with E-state index in [1.807, 2.05) is 0 Å². The van der Waals surface area contributed by atoms with Crippen molar-refractivity contribution in [2.75, 3.05) is 6.54 Å². The number of aromatic nitrogens is 2. The third-order valence-corrected chi connectivity index (χ3v) is 2.70. The Morgan fingerprint density at radius 1 is 1.44 bits per heavy atom. The molecule has 0 fully saturated rings. The second kappa shape index (κ2) is 3.61. The van der Waals surface area contributed by atoms with Crippen molar-refractivity contribution in [3.8, 4) is 11.6 Å². The van der Waals surface area contributed by atoms with E-state index >= 15 is 0 Å². The van der Waals surface area contributed by atoms with Gasteiger partial charge < -0.3 is 14.7 Å². The van der Waals surface area contributed by atoms with Crippen LogP contribution in [-0.2, 0) is 13.0 Å². The van der Waals surface area contributed by atoms with Gasteiger partial charge in [-0.2, -0.15) is 0 Å². The molecule has 0 aliphatic carbocycles. The van der Waals surface area contributed by atoms with Gasteiger partial charge in [0.15, 0.2) is 11.6 Å². The van der Waals surface area contributed by atoms with Crippen molar-refractivity contribution >= 4 is 0 Å². The summed E-state index contributed by atoms with van der Waals surface area (Å²) in [6.45, 7) is 1.46. The van der Waals surface area contributed by atoms with Crippen LogP contribution in [0.3, 0.4) is 0 Å². The van der Waals surface area contributed by atoms with Crippen molar-refractivity contribution in [3.05, 3.63) is 40.0 Å². The Hall–Kier alpha value is -1.88. The molecule has 0 radical (unpaired) electrons. The van der Waals surface area contributed by atoms with Crippen molar-refractivity contribution in [3.63, 3.8) is 0 Å². The second-order valence-corrected chi connectivity index (χ2v) is 3.74. The van der Waals surface area contributed by atoms with E-state index in [0.717, 1.165) is 24.2 Å². The van der Waals surface area contributed by atoms with Crippen LogP contribution in [0.2, 0.25) is 0 Å². The molecule has 5 nitrogen and oxygen atoms in total. The molecule has 0 bridgehead atoms. The van der Waals surface area contributed by atoms with Crippen molar-refractivity contribution in [1.82, 2.24) is 15.3 Å². The highest BCUT2D eigenvalue weighted by atomic mass is 16.3. The summed E-state index contributed by atoms with van der Waals surface area (Å²) < 4.78 is 5.22. The van der Waals surface area contributed by atoms with Gasteiger partial charge in [0.1, 0.15) is 0 Å². The average Bonchev–Trinajstić information content (AvgIpc) is 2.82. The molecule has 5 heteroatoms. The molecular formula is C11H11N3O2. The zero-order valence-electron chi connectivity index (χ0n) is 8.62. The maximum absolute atomic E-state index is 11.8. The van der Waals surface area contributed by atoms with Crippen LogP contribution in [0.4, 0.5) is 0 Å². The van der Waals surface area contributed by atoms with Gasteiger partial charge in [-0.3, -0.25) is 4.79 Å². The molecule has 1 aliphatic heterocycles. The molecule has 3 rings (SSSR count). The van der Waals surface area contributed by atoms with Crippen molar-refractivity contribution in [2.45, 2.75) is 13.0 Å². The first-order valence-corrected chi connectivity index (χ1v) is 5.21. The predicted molar refractivity (Wildman–Crippen MR) is 58.0 cm³/mol. The molecule has 0 amide bonds. The fourth-order valence-corrected chi connectivity index (χ4v) is 1.88. The molecule has 2 aromatic rings. The molecule has 0 spiro atoms. The Balaban J connectivity index is 2.16. The number of hydrogen-bond acceptors (Lipinski definition) is 4. The van der Waals surface area contributed by atoms with Crippen molar-refractivity contribution in [1.29, 1.82) is 0 Å². The Bertz CT molecular complexity index is 557. The van der Waals surface area contributed by atoms with Crippen molar-refractivity contribution < 1.29 is 4.42 Å². The Kier molecular flexibility index (Phi) is 2.11. The maximum atomic E-state index is 11.8. The fourth-order valence-electron chi connectivity index (χ4n) is 1.88. The summed E-state index contributed by atoms with van der Waals surface area (Å²) in [7, 11) is 0. The van der Waals surface area contributed by atoms with Crippen LogP contribution < -0.4 is 10.9 Å². The van der Waals surface area contributed by atoms with Gasteiger partial charge >= 0.3 is 0 Å². The van der Waals surface area contributed by atoms with Crippen LogP contribution in [-0.4, -0.2) is 16.5 Å². The molecule has 0 atom stereocenters. The van der Waals surface area contributed by atoms with E-state index in [1.54, 1.807) is 18.4 Å². The van der Waals surface area contributed by atoms with E-state index in [4.69, 9.17) is 4.42 Å². The number of hydrogen-bond donors (Lipinski definition) is 2. The molecule has 2 aromatic heterocycles. The highest BCUT2D eigenvalue weighted by Crippen LogP contribution is 2.16. The molecule has 3 heterocycles. The lowest BCUT2D eigenvalue weighted by Crippen LogP contribution is -2.31. The fraction of sp³-hybridized carbons (Fsp3) is 0.273. The standard InChI is InChI=1S/C11H11N3O2/c15-11-7-6-12-4-3-8(7)13-10(14-11)9-2-1-5-16-9/h1-2,5,12H,3-4,6H2,(H,13,14,15). The first-order valence-electron chi connectivity index (χ1n) is 5.21. The lowest BCUT2D eigenvalue weighted by Gasteiger charge is -2.15. The van der Waals surface area contributed by atoms with Crippen LogP contribution in [0.25, 0.3) is 11.6 Å². The van der Waals surface area contributed by atoms with E-state index in [-0.39, 0.29) is 5.56 Å². The topological polar surface area (TPSA) is 70.9 Å². The number of fused-ring (bicyclic) bond motifs is 1. The van der Waals surface area contributed by atoms with Crippen LogP contribution in [0.15, 0.2) is 27.6 Å². The zero-order valence-corrected chi connectivity index (χ0v) is 8.62. The van der Waals surface area contributed by atoms with E-state index in [1.165, 1.54) is 0 Å². The summed E-state index contributed by atoms with van der Waals surface area (Å²) in [6, 6.07) is 3.56. The first kappa shape index (κ1) is 9.35. The second-order valence-electron chi connectivity index (χ2n) is 3.74. The third-order valence-electron chi connectivity index (χ3n) is 2.70. The summed E-state index contributed by atoms with van der Waals surface area (Å²) in [5.41, 5.74) is 1.53. The van der Waals surface area contributed by atoms with Crippen LogP contribution >= 0.6 is 0 Å². The quantitative estimate of drug-likeness (QED) is 0.736. The summed E-state index contributed by atoms with van der Waals surface area (Å²) in [5, 5.41) is 3.15. The minimum Gasteiger partial charge on any atom is -0.461 e. The summed E-state index contributed by atoms with van der Waals surface area (Å²) in [5.74, 6) is 1.11. The van der Waals surface area contributed by atoms with E-state index < -0.39 is 0 Å². The third kappa shape index (κ3) is 1.45. The number of nitrogens with zero attached hydrogens (tertiary/aromatic N) is 1. The molecule has 0 saturated heterocycles. The van der Waals surface area contributed by atoms with Gasteiger partial charge in [0.05, 0.1) is 17.5 Å². The number of H-pyrrole nitrogens is 1. The summed E-state index contributed by atoms with van der Waals surface area (Å²) in [6.07, 6.45) is 2.35. The number of furan rings is 1. The highest BCUT2D eigenvalue weighted by molar-refractivity contribution is 5.46. The minimum absolute atomic E-state index is 0.0800. The molecule has 0 aromatic carbocycles. The van der Waals surface area contributed by atoms with Gasteiger partial charge in [-0.25, -0.2) is 4.98 Å². The summed E-state index contributed by atoms with van der Waals surface area (Å²) >= 11 is 0. The number of aromatic amines is 1. The lowest BCUT2D eigenvalue weighted by molar-refractivity contribution is 0.572. The van der Waals surface area contributed by atoms with Crippen LogP contribution in [0, 0.1) is 0 Å². The molecule has 2 N–H and O–H groups in total. The Morgan fingerprint density at radius 2 is 2.38 bits per heavy atom. The van der Waals surface area contributed by atoms with Crippen molar-refractivity contribution in [2.24, 2.45) is 0 Å². The Morgan fingerprint density at radius 3 is 3.19 bits per heavy atom. The maximum Gasteiger partial charge on any atom is 0.255 e. The molecule has 1 aliphatic rings. The van der Waals surface area contributed by atoms with Crippen LogP contribution in [0.1, 0.15) is 11.3 Å².